The van der Waals surface area contributed by atoms with Crippen LogP contribution in [0.2, 0.25) is 0 Å². The van der Waals surface area contributed by atoms with Gasteiger partial charge in [-0.1, -0.05) is 17.4 Å². The Labute approximate surface area is 173 Å². The molecule has 0 unspecified atom stereocenters. The van der Waals surface area contributed by atoms with Gasteiger partial charge >= 0.3 is 0 Å². The Morgan fingerprint density at radius 1 is 1.31 bits per heavy atom. The number of hydrogen-bond acceptors (Lipinski definition) is 8. The summed E-state index contributed by atoms with van der Waals surface area (Å²) < 4.78 is 10.6. The molecule has 156 valence electrons. The second kappa shape index (κ2) is 9.55. The molecule has 0 saturated carbocycles. The highest BCUT2D eigenvalue weighted by Crippen LogP contribution is 2.29. The van der Waals surface area contributed by atoms with Gasteiger partial charge < -0.3 is 19.7 Å². The summed E-state index contributed by atoms with van der Waals surface area (Å²) in [6.45, 7) is 1.31. The summed E-state index contributed by atoms with van der Waals surface area (Å²) in [7, 11) is 5.00. The monoisotopic (exact) mass is 419 g/mol. The molecule has 1 aliphatic heterocycles. The second-order valence-electron chi connectivity index (χ2n) is 6.65. The predicted molar refractivity (Wildman–Crippen MR) is 111 cm³/mol. The Kier molecular flexibility index (Phi) is 6.86. The molecule has 29 heavy (non-hydrogen) atoms. The highest BCUT2D eigenvalue weighted by atomic mass is 32.1. The van der Waals surface area contributed by atoms with Crippen molar-refractivity contribution in [3.05, 3.63) is 23.8 Å². The van der Waals surface area contributed by atoms with E-state index < -0.39 is 0 Å². The number of rotatable bonds is 9. The fraction of sp³-hybridized carbons (Fsp3) is 0.474. The number of nitrogens with one attached hydrogen (secondary N) is 1. The van der Waals surface area contributed by atoms with Crippen LogP contribution in [0.3, 0.4) is 0 Å². The Morgan fingerprint density at radius 2 is 2.14 bits per heavy atom. The highest BCUT2D eigenvalue weighted by molar-refractivity contribution is 7.19. The molecule has 0 bridgehead atoms. The molecule has 2 heterocycles. The van der Waals surface area contributed by atoms with Crippen molar-refractivity contribution in [2.24, 2.45) is 0 Å². The van der Waals surface area contributed by atoms with Crippen LogP contribution >= 0.6 is 11.3 Å². The second-order valence-corrected chi connectivity index (χ2v) is 7.58. The Balaban J connectivity index is 1.48. The van der Waals surface area contributed by atoms with Crippen LogP contribution in [-0.2, 0) is 16.0 Å². The first-order valence-electron chi connectivity index (χ1n) is 9.34. The zero-order valence-corrected chi connectivity index (χ0v) is 17.6. The quantitative estimate of drug-likeness (QED) is 0.657. The molecule has 3 rings (SSSR count). The molecule has 9 nitrogen and oxygen atoms in total. The molecule has 1 saturated heterocycles. The first-order chi connectivity index (χ1) is 14.0. The molecule has 0 spiro atoms. The van der Waals surface area contributed by atoms with Gasteiger partial charge in [0, 0.05) is 32.6 Å². The molecule has 1 aliphatic rings. The number of nitrogens with zero attached hydrogens (tertiary/aromatic N) is 4. The van der Waals surface area contributed by atoms with Crippen molar-refractivity contribution in [1.29, 1.82) is 0 Å². The van der Waals surface area contributed by atoms with Gasteiger partial charge in [-0.05, 0) is 24.5 Å². The van der Waals surface area contributed by atoms with E-state index in [4.69, 9.17) is 9.47 Å². The average molecular weight is 420 g/mol. The lowest BCUT2D eigenvalue weighted by Gasteiger charge is -2.15. The van der Waals surface area contributed by atoms with Crippen LogP contribution in [0.15, 0.2) is 18.2 Å². The number of methoxy groups -OCH3 is 2. The minimum atomic E-state index is -0.117. The fourth-order valence-corrected chi connectivity index (χ4v) is 3.91. The van der Waals surface area contributed by atoms with E-state index in [1.165, 1.54) is 11.3 Å². The van der Waals surface area contributed by atoms with Crippen molar-refractivity contribution in [3.8, 4) is 11.5 Å². The lowest BCUT2D eigenvalue weighted by molar-refractivity contribution is -0.119. The standard InChI is InChI=1S/C19H25N5O4S/c1-23(18-21-22-19(29-18)24-10-4-5-17(24)26)12-16(25)20-9-8-13-6-7-14(27-2)11-15(13)28-3/h6-7,11H,4-5,8-10,12H2,1-3H3,(H,20,25). The molecule has 2 aromatic rings. The molecule has 0 atom stereocenters. The summed E-state index contributed by atoms with van der Waals surface area (Å²) in [6.07, 6.45) is 2.03. The van der Waals surface area contributed by atoms with E-state index in [1.807, 2.05) is 18.2 Å². The highest BCUT2D eigenvalue weighted by Gasteiger charge is 2.25. The number of likely N-dealkylation sites (N-methyl/N-ethyl adjacent to an activating group) is 1. The van der Waals surface area contributed by atoms with Crippen LogP contribution in [0.25, 0.3) is 0 Å². The molecule has 0 radical (unpaired) electrons. The molecule has 2 amide bonds. The molecule has 1 aromatic carbocycles. The van der Waals surface area contributed by atoms with Gasteiger partial charge in [-0.3, -0.25) is 14.5 Å². The van der Waals surface area contributed by atoms with Gasteiger partial charge in [0.05, 0.1) is 20.8 Å². The number of benzene rings is 1. The van der Waals surface area contributed by atoms with E-state index in [0.29, 0.717) is 36.2 Å². The molecule has 1 N–H and O–H groups in total. The van der Waals surface area contributed by atoms with Gasteiger partial charge in [-0.15, -0.1) is 10.2 Å². The minimum Gasteiger partial charge on any atom is -0.497 e. The van der Waals surface area contributed by atoms with Crippen molar-refractivity contribution in [1.82, 2.24) is 15.5 Å². The lowest BCUT2D eigenvalue weighted by Crippen LogP contribution is -2.36. The lowest BCUT2D eigenvalue weighted by atomic mass is 10.1. The number of anilines is 2. The third-order valence-corrected chi connectivity index (χ3v) is 5.69. The minimum absolute atomic E-state index is 0.0713. The molecule has 1 fully saturated rings. The van der Waals surface area contributed by atoms with Crippen molar-refractivity contribution < 1.29 is 19.1 Å². The van der Waals surface area contributed by atoms with Crippen LogP contribution in [-0.4, -0.2) is 62.9 Å². The molecule has 1 aromatic heterocycles. The summed E-state index contributed by atoms with van der Waals surface area (Å²) >= 11 is 1.31. The maximum absolute atomic E-state index is 12.3. The van der Waals surface area contributed by atoms with Gasteiger partial charge in [-0.25, -0.2) is 0 Å². The fourth-order valence-electron chi connectivity index (χ4n) is 3.06. The topological polar surface area (TPSA) is 96.9 Å². The normalized spacial score (nSPS) is 13.5. The summed E-state index contributed by atoms with van der Waals surface area (Å²) in [6, 6.07) is 5.62. The number of carbonyl (C=O) groups excluding carboxylic acids is 2. The number of ether oxygens (including phenoxy) is 2. The third kappa shape index (κ3) is 5.14. The largest absolute Gasteiger partial charge is 0.497 e. The van der Waals surface area contributed by atoms with E-state index in [1.54, 1.807) is 31.1 Å². The van der Waals surface area contributed by atoms with Crippen molar-refractivity contribution in [2.45, 2.75) is 19.3 Å². The molecule has 0 aliphatic carbocycles. The zero-order chi connectivity index (χ0) is 20.8. The van der Waals surface area contributed by atoms with Gasteiger partial charge in [0.1, 0.15) is 11.5 Å². The van der Waals surface area contributed by atoms with Gasteiger partial charge in [0.25, 0.3) is 0 Å². The van der Waals surface area contributed by atoms with E-state index in [2.05, 4.69) is 15.5 Å². The summed E-state index contributed by atoms with van der Waals surface area (Å²) in [5.74, 6) is 1.41. The maximum atomic E-state index is 12.3. The van der Waals surface area contributed by atoms with E-state index in [9.17, 15) is 9.59 Å². The maximum Gasteiger partial charge on any atom is 0.239 e. The van der Waals surface area contributed by atoms with Crippen LogP contribution < -0.4 is 24.6 Å². The number of aromatic nitrogens is 2. The van der Waals surface area contributed by atoms with Crippen LogP contribution in [0.4, 0.5) is 10.3 Å². The van der Waals surface area contributed by atoms with Gasteiger partial charge in [0.2, 0.25) is 22.1 Å². The SMILES string of the molecule is COc1ccc(CCNC(=O)CN(C)c2nnc(N3CCCC3=O)s2)c(OC)c1. The van der Waals surface area contributed by atoms with Gasteiger partial charge in [0.15, 0.2) is 0 Å². The van der Waals surface area contributed by atoms with Gasteiger partial charge in [-0.2, -0.15) is 0 Å². The van der Waals surface area contributed by atoms with Crippen molar-refractivity contribution in [2.75, 3.05) is 50.7 Å². The predicted octanol–water partition coefficient (Wildman–Crippen LogP) is 1.48. The van der Waals surface area contributed by atoms with E-state index in [0.717, 1.165) is 23.5 Å². The van der Waals surface area contributed by atoms with Crippen LogP contribution in [0, 0.1) is 0 Å². The first-order valence-corrected chi connectivity index (χ1v) is 10.2. The summed E-state index contributed by atoms with van der Waals surface area (Å²) in [5.41, 5.74) is 0.992. The summed E-state index contributed by atoms with van der Waals surface area (Å²) in [4.78, 5) is 27.5. The molecular weight excluding hydrogens is 394 g/mol. The Hall–Kier alpha value is -2.88. The smallest absolute Gasteiger partial charge is 0.239 e. The Bertz CT molecular complexity index is 872. The molecule has 10 heteroatoms. The Morgan fingerprint density at radius 3 is 2.83 bits per heavy atom. The number of carbonyl (C=O) groups is 2. The average Bonchev–Trinajstić information content (AvgIpc) is 3.36. The number of amides is 2. The van der Waals surface area contributed by atoms with Crippen LogP contribution in [0.1, 0.15) is 18.4 Å². The van der Waals surface area contributed by atoms with Crippen molar-refractivity contribution >= 4 is 33.4 Å². The summed E-state index contributed by atoms with van der Waals surface area (Å²) in [5, 5.41) is 12.3. The van der Waals surface area contributed by atoms with E-state index >= 15 is 0 Å². The number of hydrogen-bond donors (Lipinski definition) is 1. The first kappa shape index (κ1) is 20.8. The third-order valence-electron chi connectivity index (χ3n) is 4.63. The van der Waals surface area contributed by atoms with E-state index in [-0.39, 0.29) is 18.4 Å². The van der Waals surface area contributed by atoms with Crippen LogP contribution in [0.5, 0.6) is 11.5 Å². The van der Waals surface area contributed by atoms with Crippen molar-refractivity contribution in [3.63, 3.8) is 0 Å². The zero-order valence-electron chi connectivity index (χ0n) is 16.8. The molecular formula is C19H25N5O4S.